The van der Waals surface area contributed by atoms with E-state index in [1.165, 1.54) is 42.7 Å². The van der Waals surface area contributed by atoms with Gasteiger partial charge in [0.05, 0.1) is 10.6 Å². The van der Waals surface area contributed by atoms with Crippen LogP contribution in [0.25, 0.3) is 0 Å². The minimum absolute atomic E-state index is 0.0315. The molecule has 0 atom stereocenters. The molecule has 10 nitrogen and oxygen atoms in total. The molecular formula is C21H17N5O5S. The number of imide groups is 1. The number of aromatic nitrogens is 2. The highest BCUT2D eigenvalue weighted by molar-refractivity contribution is 7.92. The zero-order valence-electron chi connectivity index (χ0n) is 16.6. The van der Waals surface area contributed by atoms with Crippen molar-refractivity contribution in [2.24, 2.45) is 0 Å². The van der Waals surface area contributed by atoms with E-state index < -0.39 is 15.9 Å². The molecule has 2 N–H and O–H groups in total. The number of anilines is 3. The van der Waals surface area contributed by atoms with Gasteiger partial charge in [0.15, 0.2) is 0 Å². The van der Waals surface area contributed by atoms with Gasteiger partial charge in [-0.15, -0.1) is 0 Å². The van der Waals surface area contributed by atoms with Crippen LogP contribution in [0.5, 0.6) is 0 Å². The molecule has 0 bridgehead atoms. The van der Waals surface area contributed by atoms with Crippen molar-refractivity contribution in [3.05, 3.63) is 72.6 Å². The summed E-state index contributed by atoms with van der Waals surface area (Å²) in [5.74, 6) is -1.14. The van der Waals surface area contributed by atoms with Crippen LogP contribution in [-0.2, 0) is 19.6 Å². The number of nitrogens with one attached hydrogen (secondary N) is 2. The Bertz CT molecular complexity index is 1280. The van der Waals surface area contributed by atoms with E-state index in [1.54, 1.807) is 24.3 Å². The van der Waals surface area contributed by atoms with Gasteiger partial charge < -0.3 is 5.32 Å². The van der Waals surface area contributed by atoms with Crippen LogP contribution in [0.4, 0.5) is 17.3 Å². The summed E-state index contributed by atoms with van der Waals surface area (Å²) in [5.41, 5.74) is 0.944. The molecule has 4 rings (SSSR count). The lowest BCUT2D eigenvalue weighted by Crippen LogP contribution is -2.28. The topological polar surface area (TPSA) is 138 Å². The van der Waals surface area contributed by atoms with Gasteiger partial charge in [-0.1, -0.05) is 6.07 Å². The number of benzene rings is 2. The van der Waals surface area contributed by atoms with Crippen molar-refractivity contribution in [2.75, 3.05) is 14.9 Å². The monoisotopic (exact) mass is 451 g/mol. The summed E-state index contributed by atoms with van der Waals surface area (Å²) < 4.78 is 27.1. The maximum atomic E-state index is 12.6. The van der Waals surface area contributed by atoms with Crippen molar-refractivity contribution in [1.82, 2.24) is 9.97 Å². The zero-order valence-corrected chi connectivity index (χ0v) is 17.4. The van der Waals surface area contributed by atoms with Gasteiger partial charge >= 0.3 is 0 Å². The number of carbonyl (C=O) groups excluding carboxylic acids is 3. The highest BCUT2D eigenvalue weighted by atomic mass is 32.2. The molecule has 162 valence electrons. The molecule has 0 radical (unpaired) electrons. The SMILES string of the molecule is O=C(Nc1ccc(S(=O)(=O)Nc2ncccn2)cc1)c1cccc(N2C(=O)CCC2=O)c1. The summed E-state index contributed by atoms with van der Waals surface area (Å²) in [6.45, 7) is 0. The van der Waals surface area contributed by atoms with Gasteiger partial charge in [0.1, 0.15) is 0 Å². The normalized spacial score (nSPS) is 13.8. The summed E-state index contributed by atoms with van der Waals surface area (Å²) in [6.07, 6.45) is 3.12. The van der Waals surface area contributed by atoms with E-state index in [0.29, 0.717) is 11.4 Å². The molecule has 32 heavy (non-hydrogen) atoms. The first-order chi connectivity index (χ1) is 15.3. The molecule has 1 aliphatic rings. The number of sulfonamides is 1. The van der Waals surface area contributed by atoms with Crippen LogP contribution >= 0.6 is 0 Å². The minimum atomic E-state index is -3.89. The lowest BCUT2D eigenvalue weighted by atomic mass is 10.1. The van der Waals surface area contributed by atoms with Crippen LogP contribution in [0.1, 0.15) is 23.2 Å². The van der Waals surface area contributed by atoms with Crippen LogP contribution in [-0.4, -0.2) is 36.1 Å². The Morgan fingerprint density at radius 3 is 2.22 bits per heavy atom. The molecule has 3 aromatic rings. The Balaban J connectivity index is 1.47. The van der Waals surface area contributed by atoms with E-state index in [-0.39, 0.29) is 41.1 Å². The molecule has 11 heteroatoms. The van der Waals surface area contributed by atoms with E-state index in [0.717, 1.165) is 4.90 Å². The molecule has 1 aromatic heterocycles. The third kappa shape index (κ3) is 4.47. The third-order valence-corrected chi connectivity index (χ3v) is 5.98. The molecule has 2 aromatic carbocycles. The van der Waals surface area contributed by atoms with E-state index in [9.17, 15) is 22.8 Å². The Kier molecular flexibility index (Phi) is 5.65. The minimum Gasteiger partial charge on any atom is -0.322 e. The third-order valence-electron chi connectivity index (χ3n) is 4.63. The number of rotatable bonds is 6. The van der Waals surface area contributed by atoms with Crippen molar-refractivity contribution < 1.29 is 22.8 Å². The van der Waals surface area contributed by atoms with Crippen molar-refractivity contribution in [3.63, 3.8) is 0 Å². The Labute approximate surface area is 183 Å². The first kappa shape index (κ1) is 21.1. The van der Waals surface area contributed by atoms with Crippen LogP contribution in [0, 0.1) is 0 Å². The Morgan fingerprint density at radius 2 is 1.56 bits per heavy atom. The predicted molar refractivity (Wildman–Crippen MR) is 115 cm³/mol. The van der Waals surface area contributed by atoms with Gasteiger partial charge in [-0.2, -0.15) is 0 Å². The summed E-state index contributed by atoms with van der Waals surface area (Å²) in [6, 6.07) is 13.3. The van der Waals surface area contributed by atoms with Crippen LogP contribution < -0.4 is 14.9 Å². The number of hydrogen-bond acceptors (Lipinski definition) is 7. The maximum absolute atomic E-state index is 12.6. The molecule has 0 saturated carbocycles. The van der Waals surface area contributed by atoms with Crippen molar-refractivity contribution >= 4 is 45.1 Å². The smallest absolute Gasteiger partial charge is 0.264 e. The van der Waals surface area contributed by atoms with Gasteiger partial charge in [-0.05, 0) is 48.5 Å². The van der Waals surface area contributed by atoms with Crippen molar-refractivity contribution in [3.8, 4) is 0 Å². The largest absolute Gasteiger partial charge is 0.322 e. The fourth-order valence-electron chi connectivity index (χ4n) is 3.10. The summed E-state index contributed by atoms with van der Waals surface area (Å²) in [4.78, 5) is 45.2. The van der Waals surface area contributed by atoms with Gasteiger partial charge in [0.2, 0.25) is 17.8 Å². The molecule has 1 aliphatic heterocycles. The van der Waals surface area contributed by atoms with Crippen LogP contribution in [0.3, 0.4) is 0 Å². The first-order valence-electron chi connectivity index (χ1n) is 9.50. The summed E-state index contributed by atoms with van der Waals surface area (Å²) in [7, 11) is -3.89. The molecule has 0 spiro atoms. The van der Waals surface area contributed by atoms with Crippen LogP contribution in [0.15, 0.2) is 71.9 Å². The predicted octanol–water partition coefficient (Wildman–Crippen LogP) is 2.18. The van der Waals surface area contributed by atoms with E-state index in [2.05, 4.69) is 20.0 Å². The highest BCUT2D eigenvalue weighted by Gasteiger charge is 2.30. The summed E-state index contributed by atoms with van der Waals surface area (Å²) >= 11 is 0. The fraction of sp³-hybridized carbons (Fsp3) is 0.0952. The Morgan fingerprint density at radius 1 is 0.906 bits per heavy atom. The molecule has 3 amide bonds. The van der Waals surface area contributed by atoms with E-state index in [4.69, 9.17) is 0 Å². The average Bonchev–Trinajstić information content (AvgIpc) is 3.12. The molecule has 1 saturated heterocycles. The Hall–Kier alpha value is -4.12. The average molecular weight is 451 g/mol. The van der Waals surface area contributed by atoms with Gasteiger partial charge in [0.25, 0.3) is 15.9 Å². The lowest BCUT2D eigenvalue weighted by Gasteiger charge is -2.15. The van der Waals surface area contributed by atoms with Crippen molar-refractivity contribution in [2.45, 2.75) is 17.7 Å². The second kappa shape index (κ2) is 8.55. The lowest BCUT2D eigenvalue weighted by molar-refractivity contribution is -0.121. The molecule has 1 fully saturated rings. The van der Waals surface area contributed by atoms with Crippen molar-refractivity contribution in [1.29, 1.82) is 0 Å². The standard InChI is InChI=1S/C21H17N5O5S/c27-18-9-10-19(28)26(18)16-4-1-3-14(13-16)20(29)24-15-5-7-17(8-6-15)32(30,31)25-21-22-11-2-12-23-21/h1-8,11-13H,9-10H2,(H,24,29)(H,22,23,25). The van der Waals surface area contributed by atoms with E-state index in [1.807, 2.05) is 0 Å². The number of carbonyl (C=O) groups is 3. The second-order valence-electron chi connectivity index (χ2n) is 6.83. The number of amides is 3. The zero-order chi connectivity index (χ0) is 22.7. The maximum Gasteiger partial charge on any atom is 0.264 e. The highest BCUT2D eigenvalue weighted by Crippen LogP contribution is 2.24. The van der Waals surface area contributed by atoms with Gasteiger partial charge in [-0.25, -0.2) is 23.1 Å². The molecule has 0 unspecified atom stereocenters. The summed E-state index contributed by atoms with van der Waals surface area (Å²) in [5, 5.41) is 2.66. The first-order valence-corrected chi connectivity index (χ1v) is 11.0. The molecular weight excluding hydrogens is 434 g/mol. The van der Waals surface area contributed by atoms with Crippen LogP contribution in [0.2, 0.25) is 0 Å². The molecule has 0 aliphatic carbocycles. The quantitative estimate of drug-likeness (QED) is 0.548. The number of nitrogens with zero attached hydrogens (tertiary/aromatic N) is 3. The fourth-order valence-corrected chi connectivity index (χ4v) is 4.06. The number of hydrogen-bond donors (Lipinski definition) is 2. The molecule has 2 heterocycles. The van der Waals surface area contributed by atoms with Gasteiger partial charge in [-0.3, -0.25) is 19.3 Å². The van der Waals surface area contributed by atoms with E-state index >= 15 is 0 Å². The second-order valence-corrected chi connectivity index (χ2v) is 8.51. The van der Waals surface area contributed by atoms with Gasteiger partial charge in [0, 0.05) is 36.5 Å².